The van der Waals surface area contributed by atoms with Gasteiger partial charge in [0.2, 0.25) is 0 Å². The average molecular weight is 220 g/mol. The minimum Gasteiger partial charge on any atom is -0.0648 e. The molecule has 84 valence electrons. The molecule has 0 fully saturated rings. The Morgan fingerprint density at radius 1 is 0.706 bits per heavy atom. The number of allylic oxidation sites excluding steroid dienone is 2. The van der Waals surface area contributed by atoms with E-state index < -0.39 is 0 Å². The summed E-state index contributed by atoms with van der Waals surface area (Å²) >= 11 is 0. The third-order valence-electron chi connectivity index (χ3n) is 3.58. The Hall–Kier alpha value is -1.82. The summed E-state index contributed by atoms with van der Waals surface area (Å²) in [6.45, 7) is 2.26. The third-order valence-corrected chi connectivity index (χ3v) is 3.58. The van der Waals surface area contributed by atoms with Gasteiger partial charge < -0.3 is 0 Å². The topological polar surface area (TPSA) is 0 Å². The molecule has 0 heterocycles. The van der Waals surface area contributed by atoms with E-state index in [1.54, 1.807) is 0 Å². The summed E-state index contributed by atoms with van der Waals surface area (Å²) in [4.78, 5) is 0. The van der Waals surface area contributed by atoms with Crippen LogP contribution in [0.4, 0.5) is 0 Å². The zero-order valence-corrected chi connectivity index (χ0v) is 10.1. The lowest BCUT2D eigenvalue weighted by atomic mass is 9.84. The van der Waals surface area contributed by atoms with Crippen molar-refractivity contribution in [3.8, 4) is 0 Å². The molecule has 0 saturated carbocycles. The van der Waals surface area contributed by atoms with E-state index in [9.17, 15) is 0 Å². The predicted molar refractivity (Wildman–Crippen MR) is 72.9 cm³/mol. The van der Waals surface area contributed by atoms with Gasteiger partial charge in [0.05, 0.1) is 0 Å². The molecule has 2 aromatic carbocycles. The second-order valence-electron chi connectivity index (χ2n) is 4.75. The number of benzene rings is 2. The number of hydrogen-bond donors (Lipinski definition) is 0. The molecule has 2 aromatic rings. The fourth-order valence-corrected chi connectivity index (χ4v) is 2.62. The van der Waals surface area contributed by atoms with Gasteiger partial charge in [-0.15, -0.1) is 0 Å². The lowest BCUT2D eigenvalue weighted by Crippen LogP contribution is -2.06. The number of rotatable bonds is 1. The van der Waals surface area contributed by atoms with Crippen LogP contribution in [0.2, 0.25) is 0 Å². The predicted octanol–water partition coefficient (Wildman–Crippen LogP) is 4.26. The highest BCUT2D eigenvalue weighted by atomic mass is 14.2. The number of hydrogen-bond acceptors (Lipinski definition) is 0. The van der Waals surface area contributed by atoms with Crippen LogP contribution < -0.4 is 0 Å². The Labute approximate surface area is 103 Å². The van der Waals surface area contributed by atoms with E-state index >= 15 is 0 Å². The summed E-state index contributed by atoms with van der Waals surface area (Å²) in [5, 5.41) is 0. The van der Waals surface area contributed by atoms with Crippen LogP contribution in [0, 0.1) is 0 Å². The van der Waals surface area contributed by atoms with Crippen molar-refractivity contribution in [2.75, 3.05) is 0 Å². The molecule has 0 spiro atoms. The second kappa shape index (κ2) is 4.21. The highest BCUT2D eigenvalue weighted by molar-refractivity contribution is 5.73. The van der Waals surface area contributed by atoms with Crippen LogP contribution in [0.1, 0.15) is 23.6 Å². The highest BCUT2D eigenvalue weighted by Crippen LogP contribution is 2.31. The summed E-state index contributed by atoms with van der Waals surface area (Å²) < 4.78 is 0. The Balaban J connectivity index is 2.03. The SMILES string of the molecule is CC1=C(c2ccccc2)Cc2ccccc2C1. The van der Waals surface area contributed by atoms with E-state index in [1.165, 1.54) is 27.8 Å². The molecule has 0 heteroatoms. The standard InChI is InChI=1S/C17H16/c1-13-11-15-9-5-6-10-16(15)12-17(13)14-7-3-2-4-8-14/h2-10H,11-12H2,1H3. The van der Waals surface area contributed by atoms with Crippen LogP contribution in [-0.2, 0) is 12.8 Å². The van der Waals surface area contributed by atoms with Crippen LogP contribution in [-0.4, -0.2) is 0 Å². The van der Waals surface area contributed by atoms with E-state index in [4.69, 9.17) is 0 Å². The average Bonchev–Trinajstić information content (AvgIpc) is 2.39. The second-order valence-corrected chi connectivity index (χ2v) is 4.75. The van der Waals surface area contributed by atoms with Crippen LogP contribution in [0.25, 0.3) is 5.57 Å². The van der Waals surface area contributed by atoms with Gasteiger partial charge in [0, 0.05) is 0 Å². The molecule has 1 aliphatic rings. The van der Waals surface area contributed by atoms with Crippen LogP contribution in [0.15, 0.2) is 60.2 Å². The maximum absolute atomic E-state index is 2.26. The molecule has 0 N–H and O–H groups in total. The van der Waals surface area contributed by atoms with Gasteiger partial charge in [0.25, 0.3) is 0 Å². The molecular weight excluding hydrogens is 204 g/mol. The van der Waals surface area contributed by atoms with Crippen molar-refractivity contribution in [2.24, 2.45) is 0 Å². The Bertz CT molecular complexity index is 562. The summed E-state index contributed by atoms with van der Waals surface area (Å²) in [5.41, 5.74) is 7.36. The molecule has 0 aliphatic heterocycles. The normalized spacial score (nSPS) is 14.6. The van der Waals surface area contributed by atoms with Gasteiger partial charge >= 0.3 is 0 Å². The summed E-state index contributed by atoms with van der Waals surface area (Å²) in [6, 6.07) is 19.5. The van der Waals surface area contributed by atoms with Gasteiger partial charge in [0.1, 0.15) is 0 Å². The summed E-state index contributed by atoms with van der Waals surface area (Å²) in [6.07, 6.45) is 2.17. The van der Waals surface area contributed by atoms with E-state index in [0.717, 1.165) is 12.8 Å². The monoisotopic (exact) mass is 220 g/mol. The van der Waals surface area contributed by atoms with E-state index in [0.29, 0.717) is 0 Å². The summed E-state index contributed by atoms with van der Waals surface area (Å²) in [5.74, 6) is 0. The van der Waals surface area contributed by atoms with E-state index in [2.05, 4.69) is 61.5 Å². The maximum Gasteiger partial charge on any atom is -0.00174 e. The van der Waals surface area contributed by atoms with Gasteiger partial charge in [0.15, 0.2) is 0 Å². The van der Waals surface area contributed by atoms with Crippen molar-refractivity contribution in [1.82, 2.24) is 0 Å². The van der Waals surface area contributed by atoms with Crippen molar-refractivity contribution in [2.45, 2.75) is 19.8 Å². The molecule has 17 heavy (non-hydrogen) atoms. The summed E-state index contributed by atoms with van der Waals surface area (Å²) in [7, 11) is 0. The van der Waals surface area contributed by atoms with Crippen molar-refractivity contribution in [1.29, 1.82) is 0 Å². The first-order valence-corrected chi connectivity index (χ1v) is 6.15. The van der Waals surface area contributed by atoms with Crippen LogP contribution >= 0.6 is 0 Å². The molecule has 0 bridgehead atoms. The molecule has 0 radical (unpaired) electrons. The van der Waals surface area contributed by atoms with Crippen molar-refractivity contribution >= 4 is 5.57 Å². The minimum atomic E-state index is 1.08. The lowest BCUT2D eigenvalue weighted by Gasteiger charge is -2.21. The fourth-order valence-electron chi connectivity index (χ4n) is 2.62. The van der Waals surface area contributed by atoms with E-state index in [1.807, 2.05) is 0 Å². The molecule has 3 rings (SSSR count). The quantitative estimate of drug-likeness (QED) is 0.673. The molecule has 0 saturated heterocycles. The van der Waals surface area contributed by atoms with Gasteiger partial charge in [-0.05, 0) is 42.0 Å². The lowest BCUT2D eigenvalue weighted by molar-refractivity contribution is 1.03. The van der Waals surface area contributed by atoms with E-state index in [-0.39, 0.29) is 0 Å². The molecule has 0 unspecified atom stereocenters. The van der Waals surface area contributed by atoms with Crippen LogP contribution in [0.3, 0.4) is 0 Å². The van der Waals surface area contributed by atoms with Gasteiger partial charge in [-0.1, -0.05) is 60.2 Å². The van der Waals surface area contributed by atoms with Gasteiger partial charge in [-0.3, -0.25) is 0 Å². The van der Waals surface area contributed by atoms with Crippen molar-refractivity contribution < 1.29 is 0 Å². The molecule has 0 atom stereocenters. The zero-order valence-electron chi connectivity index (χ0n) is 10.1. The zero-order chi connectivity index (χ0) is 11.7. The Morgan fingerprint density at radius 3 is 2.00 bits per heavy atom. The van der Waals surface area contributed by atoms with Crippen molar-refractivity contribution in [3.05, 3.63) is 76.9 Å². The van der Waals surface area contributed by atoms with Crippen LogP contribution in [0.5, 0.6) is 0 Å². The Morgan fingerprint density at radius 2 is 1.29 bits per heavy atom. The third kappa shape index (κ3) is 1.91. The largest absolute Gasteiger partial charge is 0.0648 e. The number of fused-ring (bicyclic) bond motifs is 1. The molecule has 0 nitrogen and oxygen atoms in total. The first-order valence-electron chi connectivity index (χ1n) is 6.15. The maximum atomic E-state index is 2.26. The first-order chi connectivity index (χ1) is 8.34. The van der Waals surface area contributed by atoms with Gasteiger partial charge in [-0.25, -0.2) is 0 Å². The molecular formula is C17H16. The minimum absolute atomic E-state index is 1.08. The fraction of sp³-hybridized carbons (Fsp3) is 0.176. The Kier molecular flexibility index (Phi) is 2.56. The van der Waals surface area contributed by atoms with Crippen molar-refractivity contribution in [3.63, 3.8) is 0 Å². The van der Waals surface area contributed by atoms with Gasteiger partial charge in [-0.2, -0.15) is 0 Å². The highest BCUT2D eigenvalue weighted by Gasteiger charge is 2.15. The first kappa shape index (κ1) is 10.3. The molecule has 0 aromatic heterocycles. The smallest absolute Gasteiger partial charge is 0.00174 e. The molecule has 0 amide bonds. The molecule has 1 aliphatic carbocycles.